The second kappa shape index (κ2) is 8.30. The predicted octanol–water partition coefficient (Wildman–Crippen LogP) is 2.50. The van der Waals surface area contributed by atoms with Gasteiger partial charge in [-0.15, -0.1) is 0 Å². The number of pyridine rings is 1. The fourth-order valence-corrected chi connectivity index (χ4v) is 4.89. The van der Waals surface area contributed by atoms with Crippen LogP contribution in [-0.4, -0.2) is 75.6 Å². The number of aryl methyl sites for hydroxylation is 1. The van der Waals surface area contributed by atoms with Crippen LogP contribution in [-0.2, 0) is 4.74 Å². The molecule has 2 aliphatic rings. The number of nitrogens with zero attached hydrogens (tertiary/aromatic N) is 6. The lowest BCUT2D eigenvalue weighted by Crippen LogP contribution is -2.58. The van der Waals surface area contributed by atoms with E-state index in [1.807, 2.05) is 6.07 Å². The van der Waals surface area contributed by atoms with Crippen LogP contribution >= 0.6 is 0 Å². The minimum absolute atomic E-state index is 0.222. The average molecular weight is 462 g/mol. The summed E-state index contributed by atoms with van der Waals surface area (Å²) in [6.07, 6.45) is 6.57. The van der Waals surface area contributed by atoms with Crippen molar-refractivity contribution in [2.75, 3.05) is 49.6 Å². The van der Waals surface area contributed by atoms with Crippen molar-refractivity contribution < 1.29 is 13.9 Å². The summed E-state index contributed by atoms with van der Waals surface area (Å²) >= 11 is 0. The van der Waals surface area contributed by atoms with Crippen molar-refractivity contribution in [2.45, 2.75) is 13.0 Å². The van der Waals surface area contributed by atoms with E-state index in [4.69, 9.17) is 4.74 Å². The van der Waals surface area contributed by atoms with Crippen LogP contribution in [0.3, 0.4) is 0 Å². The summed E-state index contributed by atoms with van der Waals surface area (Å²) in [5, 5.41) is 2.80. The molecular formula is C24H24FN7O2. The van der Waals surface area contributed by atoms with Gasteiger partial charge in [0.25, 0.3) is 5.91 Å². The molecule has 2 fully saturated rings. The molecule has 10 heteroatoms. The van der Waals surface area contributed by atoms with Gasteiger partial charge in [0, 0.05) is 57.0 Å². The third kappa shape index (κ3) is 3.64. The number of morpholine rings is 1. The Morgan fingerprint density at radius 2 is 2.00 bits per heavy atom. The highest BCUT2D eigenvalue weighted by Gasteiger charge is 2.31. The molecule has 3 aromatic heterocycles. The summed E-state index contributed by atoms with van der Waals surface area (Å²) in [5.41, 5.74) is 3.77. The number of fused-ring (bicyclic) bond motifs is 3. The first kappa shape index (κ1) is 20.9. The number of hydrogen-bond acceptors (Lipinski definition) is 7. The number of anilines is 2. The highest BCUT2D eigenvalue weighted by molar-refractivity contribution is 6.13. The monoisotopic (exact) mass is 461 g/mol. The van der Waals surface area contributed by atoms with E-state index in [0.29, 0.717) is 34.0 Å². The third-order valence-electron chi connectivity index (χ3n) is 6.51. The van der Waals surface area contributed by atoms with Crippen LogP contribution in [0.5, 0.6) is 0 Å². The molecule has 0 saturated carbocycles. The molecule has 0 radical (unpaired) electrons. The topological polar surface area (TPSA) is 87.9 Å². The van der Waals surface area contributed by atoms with Gasteiger partial charge >= 0.3 is 0 Å². The van der Waals surface area contributed by atoms with Gasteiger partial charge in [-0.25, -0.2) is 9.37 Å². The largest absolute Gasteiger partial charge is 0.378 e. The molecule has 1 amide bonds. The van der Waals surface area contributed by atoms with Crippen molar-refractivity contribution in [3.8, 4) is 0 Å². The molecule has 6 rings (SSSR count). The van der Waals surface area contributed by atoms with E-state index >= 15 is 0 Å². The maximum Gasteiger partial charge on any atom is 0.257 e. The number of nitrogens with one attached hydrogen (secondary N) is 1. The quantitative estimate of drug-likeness (QED) is 0.502. The highest BCUT2D eigenvalue weighted by atomic mass is 19.1. The van der Waals surface area contributed by atoms with Gasteiger partial charge < -0.3 is 19.4 Å². The van der Waals surface area contributed by atoms with Crippen molar-refractivity contribution in [3.05, 3.63) is 60.1 Å². The molecule has 1 N–H and O–H groups in total. The Labute approximate surface area is 195 Å². The maximum absolute atomic E-state index is 14.5. The van der Waals surface area contributed by atoms with E-state index in [0.717, 1.165) is 45.1 Å². The third-order valence-corrected chi connectivity index (χ3v) is 6.51. The van der Waals surface area contributed by atoms with Crippen molar-refractivity contribution in [2.24, 2.45) is 0 Å². The first-order chi connectivity index (χ1) is 16.6. The van der Waals surface area contributed by atoms with Gasteiger partial charge in [0.1, 0.15) is 11.0 Å². The Bertz CT molecular complexity index is 1410. The second-order valence-electron chi connectivity index (χ2n) is 8.74. The van der Waals surface area contributed by atoms with Gasteiger partial charge in [-0.3, -0.25) is 19.7 Å². The van der Waals surface area contributed by atoms with Crippen LogP contribution in [0.2, 0.25) is 0 Å². The highest BCUT2D eigenvalue weighted by Crippen LogP contribution is 2.29. The van der Waals surface area contributed by atoms with Crippen LogP contribution in [0.15, 0.2) is 43.0 Å². The Hall–Kier alpha value is -3.63. The first-order valence-corrected chi connectivity index (χ1v) is 11.3. The molecule has 0 spiro atoms. The van der Waals surface area contributed by atoms with Crippen LogP contribution in [0.25, 0.3) is 16.7 Å². The Kier molecular flexibility index (Phi) is 5.11. The average Bonchev–Trinajstić information content (AvgIpc) is 3.23. The number of hydrogen-bond donors (Lipinski definition) is 1. The zero-order chi connectivity index (χ0) is 23.2. The number of amides is 1. The van der Waals surface area contributed by atoms with E-state index in [1.54, 1.807) is 42.2 Å². The second-order valence-corrected chi connectivity index (χ2v) is 8.74. The number of carbonyl (C=O) groups excluding carboxylic acids is 1. The van der Waals surface area contributed by atoms with Crippen molar-refractivity contribution >= 4 is 34.0 Å². The van der Waals surface area contributed by atoms with E-state index in [-0.39, 0.29) is 11.6 Å². The fourth-order valence-electron chi connectivity index (χ4n) is 4.89. The summed E-state index contributed by atoms with van der Waals surface area (Å²) in [6.45, 7) is 6.92. The molecule has 4 aromatic rings. The van der Waals surface area contributed by atoms with Crippen molar-refractivity contribution in [1.29, 1.82) is 0 Å². The van der Waals surface area contributed by atoms with Crippen molar-refractivity contribution in [3.63, 3.8) is 0 Å². The number of halogens is 1. The standard InChI is InChI=1S/C24H24FN7O2/c1-15-11-32-12-16(10-19(25)23(32)28-15)29-24(33)18-2-3-20(22-21(18)26-4-5-27-22)31-7-6-30-8-9-34-14-17(30)13-31/h2-5,10-12,17H,6-9,13-14H2,1H3,(H,29,33). The van der Waals surface area contributed by atoms with E-state index in [9.17, 15) is 9.18 Å². The fraction of sp³-hybridized carbons (Fsp3) is 0.333. The number of imidazole rings is 1. The smallest absolute Gasteiger partial charge is 0.257 e. The molecule has 2 aliphatic heterocycles. The molecule has 9 nitrogen and oxygen atoms in total. The Morgan fingerprint density at radius 1 is 1.15 bits per heavy atom. The van der Waals surface area contributed by atoms with Crippen LogP contribution in [0.4, 0.5) is 15.8 Å². The lowest BCUT2D eigenvalue weighted by molar-refractivity contribution is -0.0116. The van der Waals surface area contributed by atoms with E-state index in [1.165, 1.54) is 6.07 Å². The summed E-state index contributed by atoms with van der Waals surface area (Å²) < 4.78 is 21.7. The molecule has 1 unspecified atom stereocenters. The molecule has 2 saturated heterocycles. The number of benzene rings is 1. The number of carbonyl (C=O) groups is 1. The van der Waals surface area contributed by atoms with E-state index < -0.39 is 5.82 Å². The Morgan fingerprint density at radius 3 is 2.88 bits per heavy atom. The number of piperazine rings is 1. The summed E-state index contributed by atoms with van der Waals surface area (Å²) in [5.74, 6) is -0.880. The summed E-state index contributed by atoms with van der Waals surface area (Å²) in [4.78, 5) is 31.1. The SMILES string of the molecule is Cc1cn2cc(NC(=O)c3ccc(N4CCN5CCOCC5C4)c4nccnc34)cc(F)c2n1. The molecular weight excluding hydrogens is 437 g/mol. The molecule has 34 heavy (non-hydrogen) atoms. The lowest BCUT2D eigenvalue weighted by atomic mass is 10.1. The van der Waals surface area contributed by atoms with E-state index in [2.05, 4.69) is 30.1 Å². The van der Waals surface area contributed by atoms with Gasteiger partial charge in [0.15, 0.2) is 11.5 Å². The minimum atomic E-state index is -0.503. The van der Waals surface area contributed by atoms with Crippen molar-refractivity contribution in [1.82, 2.24) is 24.3 Å². The van der Waals surface area contributed by atoms with Gasteiger partial charge in [-0.05, 0) is 19.1 Å². The zero-order valence-electron chi connectivity index (χ0n) is 18.7. The zero-order valence-corrected chi connectivity index (χ0v) is 18.7. The van der Waals surface area contributed by atoms with Gasteiger partial charge in [-0.2, -0.15) is 0 Å². The molecule has 1 aromatic carbocycles. The number of rotatable bonds is 3. The number of aromatic nitrogens is 4. The summed E-state index contributed by atoms with van der Waals surface area (Å²) in [7, 11) is 0. The van der Waals surface area contributed by atoms with Crippen LogP contribution in [0.1, 0.15) is 16.1 Å². The molecule has 5 heterocycles. The lowest BCUT2D eigenvalue weighted by Gasteiger charge is -2.44. The van der Waals surface area contributed by atoms with Gasteiger partial charge in [0.05, 0.1) is 41.9 Å². The molecule has 1 atom stereocenters. The van der Waals surface area contributed by atoms with Gasteiger partial charge in [-0.1, -0.05) is 0 Å². The Balaban J connectivity index is 1.31. The molecule has 0 bridgehead atoms. The first-order valence-electron chi connectivity index (χ1n) is 11.3. The minimum Gasteiger partial charge on any atom is -0.378 e. The normalized spacial score (nSPS) is 18.9. The molecule has 174 valence electrons. The summed E-state index contributed by atoms with van der Waals surface area (Å²) in [6, 6.07) is 5.30. The number of ether oxygens (including phenoxy) is 1. The maximum atomic E-state index is 14.5. The van der Waals surface area contributed by atoms with Crippen LogP contribution in [0, 0.1) is 12.7 Å². The predicted molar refractivity (Wildman–Crippen MR) is 126 cm³/mol. The molecule has 0 aliphatic carbocycles. The van der Waals surface area contributed by atoms with Gasteiger partial charge in [0.2, 0.25) is 0 Å². The van der Waals surface area contributed by atoms with Crippen LogP contribution < -0.4 is 10.2 Å².